The molecule has 0 spiro atoms. The first-order valence-electron chi connectivity index (χ1n) is 8.46. The first-order valence-corrected chi connectivity index (χ1v) is 9.34. The van der Waals surface area contributed by atoms with Crippen molar-refractivity contribution in [1.82, 2.24) is 9.88 Å². The van der Waals surface area contributed by atoms with Crippen molar-refractivity contribution in [1.29, 1.82) is 0 Å². The van der Waals surface area contributed by atoms with Crippen molar-refractivity contribution in [2.24, 2.45) is 11.3 Å². The Balaban J connectivity index is 1.40. The summed E-state index contributed by atoms with van der Waals surface area (Å²) in [7, 11) is 0. The summed E-state index contributed by atoms with van der Waals surface area (Å²) in [6.45, 7) is 4.91. The zero-order chi connectivity index (χ0) is 16.6. The first-order chi connectivity index (χ1) is 11.7. The van der Waals surface area contributed by atoms with Crippen molar-refractivity contribution < 1.29 is 13.9 Å². The zero-order valence-electron chi connectivity index (χ0n) is 13.9. The normalized spacial score (nSPS) is 26.0. The van der Waals surface area contributed by atoms with Crippen LogP contribution in [0.3, 0.4) is 0 Å². The lowest BCUT2D eigenvalue weighted by atomic mass is 9.81. The fraction of sp³-hybridized carbons (Fsp3) is 0.556. The molecule has 0 N–H and O–H groups in total. The summed E-state index contributed by atoms with van der Waals surface area (Å²) in [4.78, 5) is 19.0. The zero-order valence-corrected chi connectivity index (χ0v) is 14.7. The predicted molar refractivity (Wildman–Crippen MR) is 90.9 cm³/mol. The van der Waals surface area contributed by atoms with E-state index in [1.165, 1.54) is 19.1 Å². The van der Waals surface area contributed by atoms with Gasteiger partial charge in [0.15, 0.2) is 0 Å². The van der Waals surface area contributed by atoms with Crippen LogP contribution in [0.5, 0.6) is 0 Å². The number of furan rings is 1. The number of ether oxygens (including phenoxy) is 1. The lowest BCUT2D eigenvalue weighted by Crippen LogP contribution is -2.34. The van der Waals surface area contributed by atoms with Gasteiger partial charge in [-0.25, -0.2) is 4.98 Å². The van der Waals surface area contributed by atoms with Crippen LogP contribution in [0, 0.1) is 18.3 Å². The van der Waals surface area contributed by atoms with Gasteiger partial charge in [0.2, 0.25) is 0 Å². The molecule has 1 aliphatic carbocycles. The highest BCUT2D eigenvalue weighted by Gasteiger charge is 2.50. The second-order valence-electron chi connectivity index (χ2n) is 7.00. The van der Waals surface area contributed by atoms with E-state index in [2.05, 4.69) is 10.4 Å². The molecular formula is C18H22N2O3S. The van der Waals surface area contributed by atoms with Gasteiger partial charge in [0, 0.05) is 23.9 Å². The van der Waals surface area contributed by atoms with Crippen LogP contribution in [0.2, 0.25) is 0 Å². The molecule has 6 heteroatoms. The number of carbonyl (C=O) groups excluding carboxylic acids is 1. The minimum atomic E-state index is 0.0765. The van der Waals surface area contributed by atoms with E-state index in [-0.39, 0.29) is 11.3 Å². The predicted octanol–water partition coefficient (Wildman–Crippen LogP) is 3.50. The molecule has 0 radical (unpaired) electrons. The number of hydrogen-bond acceptors (Lipinski definition) is 5. The Kier molecular flexibility index (Phi) is 4.18. The van der Waals surface area contributed by atoms with Crippen LogP contribution in [0.15, 0.2) is 28.4 Å². The third-order valence-electron chi connectivity index (χ3n) is 5.40. The van der Waals surface area contributed by atoms with Crippen LogP contribution in [0.4, 0.5) is 0 Å². The van der Waals surface area contributed by atoms with Gasteiger partial charge < -0.3 is 14.1 Å². The van der Waals surface area contributed by atoms with Crippen molar-refractivity contribution >= 4 is 17.2 Å². The van der Waals surface area contributed by atoms with Crippen molar-refractivity contribution in [3.05, 3.63) is 40.2 Å². The van der Waals surface area contributed by atoms with Gasteiger partial charge >= 0.3 is 0 Å². The minimum Gasteiger partial charge on any atom is -0.472 e. The number of aromatic nitrogens is 1. The highest BCUT2D eigenvalue weighted by molar-refractivity contribution is 7.09. The molecule has 2 aliphatic rings. The average molecular weight is 346 g/mol. The van der Waals surface area contributed by atoms with E-state index in [4.69, 9.17) is 9.15 Å². The van der Waals surface area contributed by atoms with Crippen molar-refractivity contribution in [3.63, 3.8) is 0 Å². The molecule has 1 aliphatic heterocycles. The highest BCUT2D eigenvalue weighted by Crippen LogP contribution is 2.49. The summed E-state index contributed by atoms with van der Waals surface area (Å²) in [6.07, 6.45) is 6.65. The first kappa shape index (κ1) is 15.8. The molecule has 1 amide bonds. The Morgan fingerprint density at radius 2 is 2.50 bits per heavy atom. The maximum absolute atomic E-state index is 12.6. The Morgan fingerprint density at radius 3 is 3.25 bits per heavy atom. The van der Waals surface area contributed by atoms with Gasteiger partial charge in [0.05, 0.1) is 35.7 Å². The number of aryl methyl sites for hydroxylation is 1. The maximum Gasteiger partial charge on any atom is 0.257 e. The number of hydrogen-bond donors (Lipinski definition) is 0. The van der Waals surface area contributed by atoms with E-state index in [1.807, 2.05) is 11.8 Å². The molecule has 2 aromatic rings. The summed E-state index contributed by atoms with van der Waals surface area (Å²) in [5, 5.41) is 3.13. The molecule has 5 nitrogen and oxygen atoms in total. The third-order valence-corrected chi connectivity index (χ3v) is 6.22. The van der Waals surface area contributed by atoms with Crippen molar-refractivity contribution in [3.8, 4) is 0 Å². The molecule has 24 heavy (non-hydrogen) atoms. The van der Waals surface area contributed by atoms with Gasteiger partial charge in [0.25, 0.3) is 5.91 Å². The van der Waals surface area contributed by atoms with Crippen LogP contribution in [-0.4, -0.2) is 35.5 Å². The number of likely N-dealkylation sites (tertiary alicyclic amines) is 1. The van der Waals surface area contributed by atoms with Gasteiger partial charge in [-0.3, -0.25) is 4.79 Å². The molecule has 2 aromatic heterocycles. The Morgan fingerprint density at radius 1 is 1.58 bits per heavy atom. The van der Waals surface area contributed by atoms with Crippen LogP contribution in [0.1, 0.15) is 40.3 Å². The second kappa shape index (κ2) is 6.33. The summed E-state index contributed by atoms with van der Waals surface area (Å²) < 4.78 is 11.1. The molecule has 0 bridgehead atoms. The van der Waals surface area contributed by atoms with Gasteiger partial charge in [-0.05, 0) is 31.7 Å². The Hall–Kier alpha value is -1.66. The number of thiazole rings is 1. The van der Waals surface area contributed by atoms with E-state index in [1.54, 1.807) is 23.7 Å². The largest absolute Gasteiger partial charge is 0.472 e. The topological polar surface area (TPSA) is 55.6 Å². The molecule has 4 rings (SSSR count). The van der Waals surface area contributed by atoms with Crippen LogP contribution < -0.4 is 0 Å². The monoisotopic (exact) mass is 346 g/mol. The SMILES string of the molecule is Cc1nc(COC[C@]23CCC[C@H]2CN(C(=O)c2ccoc2)C3)cs1. The second-order valence-corrected chi connectivity index (χ2v) is 8.06. The van der Waals surface area contributed by atoms with Gasteiger partial charge in [0.1, 0.15) is 6.26 Å². The van der Waals surface area contributed by atoms with E-state index in [0.29, 0.717) is 24.7 Å². The number of carbonyl (C=O) groups is 1. The average Bonchev–Trinajstić information content (AvgIpc) is 3.29. The summed E-state index contributed by atoms with van der Waals surface area (Å²) in [5.74, 6) is 0.623. The quantitative estimate of drug-likeness (QED) is 0.831. The fourth-order valence-corrected chi connectivity index (χ4v) is 4.80. The molecule has 128 valence electrons. The van der Waals surface area contributed by atoms with E-state index in [0.717, 1.165) is 30.2 Å². The minimum absolute atomic E-state index is 0.0765. The van der Waals surface area contributed by atoms with Crippen molar-refractivity contribution in [2.45, 2.75) is 32.8 Å². The lowest BCUT2D eigenvalue weighted by Gasteiger charge is -2.28. The van der Waals surface area contributed by atoms with Gasteiger partial charge in [-0.1, -0.05) is 6.42 Å². The number of nitrogens with zero attached hydrogens (tertiary/aromatic N) is 2. The maximum atomic E-state index is 12.6. The standard InChI is InChI=1S/C18H22N2O3S/c1-13-19-16(10-24-13)9-23-12-18-5-2-3-15(18)7-20(11-18)17(21)14-4-6-22-8-14/h4,6,8,10,15H,2-3,5,7,9,11-12H2,1H3/t15-,18+/m0/s1. The van der Waals surface area contributed by atoms with Crippen LogP contribution in [-0.2, 0) is 11.3 Å². The molecule has 1 saturated carbocycles. The fourth-order valence-electron chi connectivity index (χ4n) is 4.21. The van der Waals surface area contributed by atoms with Gasteiger partial charge in [-0.2, -0.15) is 0 Å². The van der Waals surface area contributed by atoms with E-state index in [9.17, 15) is 4.79 Å². The van der Waals surface area contributed by atoms with E-state index < -0.39 is 0 Å². The molecule has 3 heterocycles. The molecule has 1 saturated heterocycles. The van der Waals surface area contributed by atoms with Gasteiger partial charge in [-0.15, -0.1) is 11.3 Å². The van der Waals surface area contributed by atoms with Crippen LogP contribution >= 0.6 is 11.3 Å². The highest BCUT2D eigenvalue weighted by atomic mass is 32.1. The summed E-state index contributed by atoms with van der Waals surface area (Å²) >= 11 is 1.65. The van der Waals surface area contributed by atoms with Crippen molar-refractivity contribution in [2.75, 3.05) is 19.7 Å². The smallest absolute Gasteiger partial charge is 0.257 e. The summed E-state index contributed by atoms with van der Waals surface area (Å²) in [6, 6.07) is 1.74. The molecule has 2 atom stereocenters. The Labute approximate surface area is 145 Å². The number of fused-ring (bicyclic) bond motifs is 1. The Bertz CT molecular complexity index is 712. The lowest BCUT2D eigenvalue weighted by molar-refractivity contribution is 0.0254. The number of rotatable bonds is 5. The molecule has 0 aromatic carbocycles. The van der Waals surface area contributed by atoms with Crippen LogP contribution in [0.25, 0.3) is 0 Å². The molecular weight excluding hydrogens is 324 g/mol. The number of amides is 1. The molecule has 0 unspecified atom stereocenters. The van der Waals surface area contributed by atoms with E-state index >= 15 is 0 Å². The third kappa shape index (κ3) is 2.89. The summed E-state index contributed by atoms with van der Waals surface area (Å²) in [5.41, 5.74) is 1.77. The molecule has 2 fully saturated rings.